The molecule has 114 valence electrons. The maximum Gasteiger partial charge on any atom is 0.331 e. The molecule has 0 spiro atoms. The highest BCUT2D eigenvalue weighted by Gasteiger charge is 2.41. The van der Waals surface area contributed by atoms with Crippen molar-refractivity contribution >= 4 is 17.5 Å². The van der Waals surface area contributed by atoms with E-state index in [0.29, 0.717) is 18.7 Å². The van der Waals surface area contributed by atoms with Gasteiger partial charge in [0.15, 0.2) is 11.4 Å². The maximum atomic E-state index is 11.8. The third-order valence-electron chi connectivity index (χ3n) is 3.69. The van der Waals surface area contributed by atoms with Gasteiger partial charge in [-0.25, -0.2) is 9.48 Å². The second kappa shape index (κ2) is 6.25. The van der Waals surface area contributed by atoms with Gasteiger partial charge >= 0.3 is 5.97 Å². The van der Waals surface area contributed by atoms with Crippen LogP contribution in [0, 0.1) is 0 Å². The molecule has 2 aromatic heterocycles. The van der Waals surface area contributed by atoms with Gasteiger partial charge in [-0.3, -0.25) is 0 Å². The summed E-state index contributed by atoms with van der Waals surface area (Å²) in [6.07, 6.45) is 2.47. The van der Waals surface area contributed by atoms with Crippen LogP contribution >= 0.6 is 11.5 Å². The highest BCUT2D eigenvalue weighted by atomic mass is 32.1. The summed E-state index contributed by atoms with van der Waals surface area (Å²) in [6, 6.07) is 0. The van der Waals surface area contributed by atoms with Gasteiger partial charge in [-0.15, -0.1) is 10.2 Å². The molecular formula is C12H18N6O2S. The molecule has 0 aromatic carbocycles. The fraction of sp³-hybridized carbons (Fsp3) is 0.667. The number of rotatable bonds is 7. The number of hydrogen-bond donors (Lipinski definition) is 1. The zero-order valence-electron chi connectivity index (χ0n) is 12.3. The SMILES string of the molecule is CCCc1nnsc1-c1nnnn1C(CC)(CC)C(=O)O. The molecule has 0 atom stereocenters. The summed E-state index contributed by atoms with van der Waals surface area (Å²) in [7, 11) is 0. The van der Waals surface area contributed by atoms with Crippen molar-refractivity contribution in [2.45, 2.75) is 52.0 Å². The second-order valence-corrected chi connectivity index (χ2v) is 5.51. The lowest BCUT2D eigenvalue weighted by Gasteiger charge is -2.27. The smallest absolute Gasteiger partial charge is 0.331 e. The monoisotopic (exact) mass is 310 g/mol. The summed E-state index contributed by atoms with van der Waals surface area (Å²) in [6.45, 7) is 5.69. The number of aryl methyl sites for hydroxylation is 1. The summed E-state index contributed by atoms with van der Waals surface area (Å²) in [4.78, 5) is 12.5. The van der Waals surface area contributed by atoms with E-state index in [-0.39, 0.29) is 0 Å². The first-order valence-electron chi connectivity index (χ1n) is 6.94. The minimum absolute atomic E-state index is 0.395. The Labute approximate surface area is 126 Å². The normalized spacial score (nSPS) is 11.8. The van der Waals surface area contributed by atoms with Gasteiger partial charge in [0.2, 0.25) is 0 Å². The van der Waals surface area contributed by atoms with Crippen molar-refractivity contribution < 1.29 is 9.90 Å². The summed E-state index contributed by atoms with van der Waals surface area (Å²) < 4.78 is 5.36. The van der Waals surface area contributed by atoms with E-state index in [1.54, 1.807) is 0 Å². The molecule has 0 radical (unpaired) electrons. The van der Waals surface area contributed by atoms with Crippen LogP contribution in [-0.4, -0.2) is 40.9 Å². The largest absolute Gasteiger partial charge is 0.479 e. The van der Waals surface area contributed by atoms with E-state index in [0.717, 1.165) is 23.4 Å². The summed E-state index contributed by atoms with van der Waals surface area (Å²) in [5.41, 5.74) is -0.336. The number of aliphatic carboxylic acids is 1. The van der Waals surface area contributed by atoms with Crippen LogP contribution in [-0.2, 0) is 16.8 Å². The van der Waals surface area contributed by atoms with Crippen LogP contribution in [0.2, 0.25) is 0 Å². The van der Waals surface area contributed by atoms with E-state index in [4.69, 9.17) is 0 Å². The van der Waals surface area contributed by atoms with Crippen molar-refractivity contribution in [1.82, 2.24) is 29.8 Å². The Morgan fingerprint density at radius 2 is 2.00 bits per heavy atom. The average Bonchev–Trinajstić information content (AvgIpc) is 3.10. The third-order valence-corrected chi connectivity index (χ3v) is 4.45. The fourth-order valence-corrected chi connectivity index (χ4v) is 3.02. The Bertz CT molecular complexity index is 619. The lowest BCUT2D eigenvalue weighted by atomic mass is 9.93. The number of nitrogens with zero attached hydrogens (tertiary/aromatic N) is 6. The number of hydrogen-bond acceptors (Lipinski definition) is 7. The molecular weight excluding hydrogens is 292 g/mol. The summed E-state index contributed by atoms with van der Waals surface area (Å²) >= 11 is 1.19. The summed E-state index contributed by atoms with van der Waals surface area (Å²) in [5.74, 6) is -0.505. The van der Waals surface area contributed by atoms with Crippen LogP contribution in [0.5, 0.6) is 0 Å². The first-order chi connectivity index (χ1) is 10.1. The lowest BCUT2D eigenvalue weighted by Crippen LogP contribution is -2.42. The third kappa shape index (κ3) is 2.53. The second-order valence-electron chi connectivity index (χ2n) is 4.76. The Kier molecular flexibility index (Phi) is 4.61. The fourth-order valence-electron chi connectivity index (χ4n) is 2.34. The molecule has 0 unspecified atom stereocenters. The van der Waals surface area contributed by atoms with Crippen LogP contribution in [0.25, 0.3) is 10.7 Å². The van der Waals surface area contributed by atoms with E-state index in [1.165, 1.54) is 16.2 Å². The van der Waals surface area contributed by atoms with Gasteiger partial charge in [-0.2, -0.15) is 0 Å². The van der Waals surface area contributed by atoms with Gasteiger partial charge in [0.25, 0.3) is 0 Å². The molecule has 1 N–H and O–H groups in total. The van der Waals surface area contributed by atoms with Crippen LogP contribution in [0.15, 0.2) is 0 Å². The number of tetrazole rings is 1. The van der Waals surface area contributed by atoms with Crippen molar-refractivity contribution in [3.8, 4) is 10.7 Å². The summed E-state index contributed by atoms with van der Waals surface area (Å²) in [5, 5.41) is 25.4. The van der Waals surface area contributed by atoms with E-state index >= 15 is 0 Å². The predicted octanol–water partition coefficient (Wildman–Crippen LogP) is 1.74. The van der Waals surface area contributed by atoms with E-state index in [9.17, 15) is 9.90 Å². The molecule has 0 fully saturated rings. The molecule has 0 amide bonds. The van der Waals surface area contributed by atoms with E-state index in [2.05, 4.69) is 25.1 Å². The molecule has 21 heavy (non-hydrogen) atoms. The van der Waals surface area contributed by atoms with Gasteiger partial charge in [0, 0.05) is 0 Å². The van der Waals surface area contributed by atoms with E-state index in [1.807, 2.05) is 20.8 Å². The molecule has 8 nitrogen and oxygen atoms in total. The number of carbonyl (C=O) groups is 1. The van der Waals surface area contributed by atoms with Crippen LogP contribution in [0.1, 0.15) is 45.7 Å². The van der Waals surface area contributed by atoms with Gasteiger partial charge in [0.05, 0.1) is 5.69 Å². The zero-order valence-corrected chi connectivity index (χ0v) is 13.1. The first-order valence-corrected chi connectivity index (χ1v) is 7.71. The van der Waals surface area contributed by atoms with Crippen molar-refractivity contribution in [3.63, 3.8) is 0 Å². The van der Waals surface area contributed by atoms with Crippen LogP contribution < -0.4 is 0 Å². The Morgan fingerprint density at radius 1 is 1.29 bits per heavy atom. The Hall–Kier alpha value is -1.90. The average molecular weight is 310 g/mol. The standard InChI is InChI=1S/C12H18N6O2S/c1-4-7-8-9(21-17-13-8)10-14-15-16-18(10)12(5-2,6-3)11(19)20/h4-7H2,1-3H3,(H,19,20). The first kappa shape index (κ1) is 15.5. The number of carboxylic acid groups (broad SMARTS) is 1. The highest BCUT2D eigenvalue weighted by Crippen LogP contribution is 2.32. The number of carboxylic acids is 1. The maximum absolute atomic E-state index is 11.8. The Balaban J connectivity index is 2.56. The predicted molar refractivity (Wildman–Crippen MR) is 76.9 cm³/mol. The molecule has 0 saturated carbocycles. The minimum atomic E-state index is -1.15. The van der Waals surface area contributed by atoms with Gasteiger partial charge in [-0.1, -0.05) is 31.7 Å². The lowest BCUT2D eigenvalue weighted by molar-refractivity contribution is -0.148. The van der Waals surface area contributed by atoms with Gasteiger partial charge in [-0.05, 0) is 41.2 Å². The van der Waals surface area contributed by atoms with Crippen molar-refractivity contribution in [3.05, 3.63) is 5.69 Å². The molecule has 0 bridgehead atoms. The zero-order chi connectivity index (χ0) is 15.5. The molecule has 0 aliphatic carbocycles. The van der Waals surface area contributed by atoms with E-state index < -0.39 is 11.5 Å². The molecule has 9 heteroatoms. The topological polar surface area (TPSA) is 107 Å². The van der Waals surface area contributed by atoms with Crippen LogP contribution in [0.3, 0.4) is 0 Å². The highest BCUT2D eigenvalue weighted by molar-refractivity contribution is 7.09. The van der Waals surface area contributed by atoms with Gasteiger partial charge < -0.3 is 5.11 Å². The van der Waals surface area contributed by atoms with Crippen molar-refractivity contribution in [2.24, 2.45) is 0 Å². The Morgan fingerprint density at radius 3 is 2.57 bits per heavy atom. The van der Waals surface area contributed by atoms with Gasteiger partial charge in [0.1, 0.15) is 4.88 Å². The van der Waals surface area contributed by atoms with Crippen molar-refractivity contribution in [2.75, 3.05) is 0 Å². The molecule has 0 saturated heterocycles. The molecule has 2 heterocycles. The molecule has 2 aromatic rings. The molecule has 2 rings (SSSR count). The quantitative estimate of drug-likeness (QED) is 0.830. The van der Waals surface area contributed by atoms with Crippen LogP contribution in [0.4, 0.5) is 0 Å². The molecule has 0 aliphatic heterocycles. The van der Waals surface area contributed by atoms with Crippen molar-refractivity contribution in [1.29, 1.82) is 0 Å². The molecule has 0 aliphatic rings. The number of aromatic nitrogens is 6. The minimum Gasteiger partial charge on any atom is -0.479 e.